The number of hydrogen-bond acceptors (Lipinski definition) is 7. The lowest BCUT2D eigenvalue weighted by Gasteiger charge is -2.08. The summed E-state index contributed by atoms with van der Waals surface area (Å²) in [4.78, 5) is 22.2. The van der Waals surface area contributed by atoms with Crippen molar-refractivity contribution >= 4 is 55.1 Å². The molecule has 0 atom stereocenters. The smallest absolute Gasteiger partial charge is 0.314 e. The van der Waals surface area contributed by atoms with Gasteiger partial charge in [0.2, 0.25) is 5.91 Å². The van der Waals surface area contributed by atoms with Gasteiger partial charge in [0.1, 0.15) is 0 Å². The monoisotopic (exact) mass is 414 g/mol. The average Bonchev–Trinajstić information content (AvgIpc) is 2.51. The van der Waals surface area contributed by atoms with E-state index in [0.29, 0.717) is 25.7 Å². The minimum absolute atomic E-state index is 0.00252. The summed E-state index contributed by atoms with van der Waals surface area (Å²) < 4.78 is 0. The third-order valence-corrected chi connectivity index (χ3v) is 7.22. The number of amides is 3. The van der Waals surface area contributed by atoms with E-state index in [1.54, 1.807) is 32.4 Å². The molecule has 0 saturated carbocycles. The van der Waals surface area contributed by atoms with E-state index in [1.165, 1.54) is 6.92 Å². The molecule has 4 N–H and O–H groups in total. The minimum atomic E-state index is -0.106. The Morgan fingerprint density at radius 1 is 0.750 bits per heavy atom. The van der Waals surface area contributed by atoms with Crippen LogP contribution in [-0.4, -0.2) is 67.2 Å². The fourth-order valence-corrected chi connectivity index (χ4v) is 5.01. The molecule has 0 aliphatic rings. The average molecular weight is 415 g/mol. The highest BCUT2D eigenvalue weighted by molar-refractivity contribution is 8.77. The van der Waals surface area contributed by atoms with Crippen LogP contribution in [0.2, 0.25) is 0 Å². The molecule has 0 aliphatic heterocycles. The largest absolute Gasteiger partial charge is 0.355 e. The van der Waals surface area contributed by atoms with E-state index in [-0.39, 0.29) is 11.9 Å². The molecule has 0 saturated heterocycles. The molecule has 0 fully saturated rings. The van der Waals surface area contributed by atoms with E-state index in [9.17, 15) is 9.59 Å². The Labute approximate surface area is 161 Å². The normalized spacial score (nSPS) is 10.7. The van der Waals surface area contributed by atoms with Gasteiger partial charge >= 0.3 is 6.03 Å². The fourth-order valence-electron chi connectivity index (χ4n) is 1.37. The van der Waals surface area contributed by atoms with Crippen molar-refractivity contribution in [1.82, 2.24) is 21.3 Å². The van der Waals surface area contributed by atoms with Crippen molar-refractivity contribution in [3.63, 3.8) is 0 Å². The number of carbonyl (C=O) groups excluding carboxylic acids is 2. The standard InChI is InChI=1S/C14H30N4O2S4/c1-12(2)15-4-8-21-23-10-6-17-14(20)18-7-11-24-22-9-5-16-13(3)19/h12,15H,4-11H2,1-3H3,(H,16,19)(H2,17,18,20). The lowest BCUT2D eigenvalue weighted by atomic mass is 10.4. The van der Waals surface area contributed by atoms with Gasteiger partial charge in [-0.05, 0) is 0 Å². The van der Waals surface area contributed by atoms with Gasteiger partial charge in [-0.3, -0.25) is 4.79 Å². The first-order valence-electron chi connectivity index (χ1n) is 8.00. The SMILES string of the molecule is CC(=O)NCCSSCCNC(=O)NCCSSCCNC(C)C. The Balaban J connectivity index is 3.20. The van der Waals surface area contributed by atoms with E-state index in [1.807, 2.05) is 10.8 Å². The molecule has 0 unspecified atom stereocenters. The summed E-state index contributed by atoms with van der Waals surface area (Å²) in [5.74, 6) is 3.71. The van der Waals surface area contributed by atoms with Crippen LogP contribution >= 0.6 is 43.2 Å². The zero-order chi connectivity index (χ0) is 18.0. The second-order valence-electron chi connectivity index (χ2n) is 5.06. The van der Waals surface area contributed by atoms with Gasteiger partial charge < -0.3 is 21.3 Å². The maximum Gasteiger partial charge on any atom is 0.314 e. The minimum Gasteiger partial charge on any atom is -0.355 e. The highest BCUT2D eigenvalue weighted by Crippen LogP contribution is 2.19. The van der Waals surface area contributed by atoms with Gasteiger partial charge in [0.25, 0.3) is 0 Å². The van der Waals surface area contributed by atoms with Crippen molar-refractivity contribution in [2.24, 2.45) is 0 Å². The van der Waals surface area contributed by atoms with Gasteiger partial charge in [0, 0.05) is 62.2 Å². The van der Waals surface area contributed by atoms with Crippen molar-refractivity contribution in [2.45, 2.75) is 26.8 Å². The summed E-state index contributed by atoms with van der Waals surface area (Å²) in [7, 11) is 7.01. The fraction of sp³-hybridized carbons (Fsp3) is 0.857. The molecule has 0 aromatic heterocycles. The van der Waals surface area contributed by atoms with Crippen LogP contribution < -0.4 is 21.3 Å². The summed E-state index contributed by atoms with van der Waals surface area (Å²) in [6, 6.07) is 0.431. The van der Waals surface area contributed by atoms with E-state index in [2.05, 4.69) is 35.1 Å². The van der Waals surface area contributed by atoms with Crippen molar-refractivity contribution in [1.29, 1.82) is 0 Å². The number of nitrogens with one attached hydrogen (secondary N) is 4. The molecule has 0 aliphatic carbocycles. The number of carbonyl (C=O) groups is 2. The van der Waals surface area contributed by atoms with E-state index in [4.69, 9.17) is 0 Å². The van der Waals surface area contributed by atoms with Crippen LogP contribution in [0.25, 0.3) is 0 Å². The molecular formula is C14H30N4O2S4. The van der Waals surface area contributed by atoms with Crippen molar-refractivity contribution in [3.05, 3.63) is 0 Å². The van der Waals surface area contributed by atoms with Crippen molar-refractivity contribution in [3.8, 4) is 0 Å². The van der Waals surface area contributed by atoms with Crippen LogP contribution in [0.1, 0.15) is 20.8 Å². The molecule has 6 nitrogen and oxygen atoms in total. The van der Waals surface area contributed by atoms with Crippen LogP contribution in [0, 0.1) is 0 Å². The van der Waals surface area contributed by atoms with Gasteiger partial charge in [0.05, 0.1) is 0 Å². The Morgan fingerprint density at radius 2 is 1.17 bits per heavy atom. The van der Waals surface area contributed by atoms with E-state index in [0.717, 1.165) is 29.6 Å². The number of urea groups is 1. The van der Waals surface area contributed by atoms with Crippen LogP contribution in [0.3, 0.4) is 0 Å². The van der Waals surface area contributed by atoms with E-state index >= 15 is 0 Å². The summed E-state index contributed by atoms with van der Waals surface area (Å²) in [5, 5.41) is 11.8. The second kappa shape index (κ2) is 17.9. The molecule has 0 bridgehead atoms. The van der Waals surface area contributed by atoms with Gasteiger partial charge in [-0.15, -0.1) is 0 Å². The Hall–Kier alpha value is 0.1000. The first-order valence-corrected chi connectivity index (χ1v) is 13.0. The van der Waals surface area contributed by atoms with Gasteiger partial charge in [-0.2, -0.15) is 0 Å². The molecule has 0 aromatic rings. The highest BCUT2D eigenvalue weighted by atomic mass is 33.1. The predicted octanol–water partition coefficient (Wildman–Crippen LogP) is 2.18. The zero-order valence-corrected chi connectivity index (χ0v) is 17.9. The van der Waals surface area contributed by atoms with Crippen LogP contribution in [0.5, 0.6) is 0 Å². The summed E-state index contributed by atoms with van der Waals surface area (Å²) in [5.41, 5.74) is 0. The molecule has 0 spiro atoms. The molecule has 0 aromatic carbocycles. The number of hydrogen-bond donors (Lipinski definition) is 4. The summed E-state index contributed by atoms with van der Waals surface area (Å²) in [6.45, 7) is 8.83. The first-order chi connectivity index (χ1) is 11.5. The van der Waals surface area contributed by atoms with Gasteiger partial charge in [-0.1, -0.05) is 57.0 Å². The first kappa shape index (κ1) is 24.1. The molecule has 142 valence electrons. The summed E-state index contributed by atoms with van der Waals surface area (Å²) >= 11 is 0. The third kappa shape index (κ3) is 20.1. The van der Waals surface area contributed by atoms with Crippen LogP contribution in [0.15, 0.2) is 0 Å². The molecule has 10 heteroatoms. The quantitative estimate of drug-likeness (QED) is 0.241. The maximum atomic E-state index is 11.6. The lowest BCUT2D eigenvalue weighted by Crippen LogP contribution is -2.37. The second-order valence-corrected chi connectivity index (χ2v) is 10.5. The molecule has 0 rings (SSSR count). The van der Waals surface area contributed by atoms with Crippen LogP contribution in [-0.2, 0) is 4.79 Å². The topological polar surface area (TPSA) is 82.3 Å². The van der Waals surface area contributed by atoms with Crippen molar-refractivity contribution < 1.29 is 9.59 Å². The lowest BCUT2D eigenvalue weighted by molar-refractivity contribution is -0.118. The Morgan fingerprint density at radius 3 is 1.58 bits per heavy atom. The maximum absolute atomic E-state index is 11.6. The zero-order valence-electron chi connectivity index (χ0n) is 14.7. The molecule has 3 amide bonds. The Kier molecular flexibility index (Phi) is 18.0. The van der Waals surface area contributed by atoms with E-state index < -0.39 is 0 Å². The van der Waals surface area contributed by atoms with Crippen molar-refractivity contribution in [2.75, 3.05) is 49.2 Å². The van der Waals surface area contributed by atoms with Gasteiger partial charge in [0.15, 0.2) is 0 Å². The predicted molar refractivity (Wildman–Crippen MR) is 113 cm³/mol. The molecular weight excluding hydrogens is 384 g/mol. The number of rotatable bonds is 15. The molecule has 0 heterocycles. The molecule has 0 radical (unpaired) electrons. The summed E-state index contributed by atoms with van der Waals surface area (Å²) in [6.07, 6.45) is 0. The highest BCUT2D eigenvalue weighted by Gasteiger charge is 1.99. The van der Waals surface area contributed by atoms with Gasteiger partial charge in [-0.25, -0.2) is 4.79 Å². The Bertz CT molecular complexity index is 336. The third-order valence-electron chi connectivity index (χ3n) is 2.41. The molecule has 24 heavy (non-hydrogen) atoms. The van der Waals surface area contributed by atoms with Crippen LogP contribution in [0.4, 0.5) is 4.79 Å².